The zero-order valence-electron chi connectivity index (χ0n) is 50.1. The molecule has 0 spiro atoms. The molecule has 0 amide bonds. The first-order valence-corrected chi connectivity index (χ1v) is 33.5. The number of hydrogen-bond acceptors (Lipinski definition) is 12. The van der Waals surface area contributed by atoms with E-state index in [2.05, 4.69) is 116 Å². The van der Waals surface area contributed by atoms with Crippen molar-refractivity contribution in [1.29, 1.82) is 0 Å². The summed E-state index contributed by atoms with van der Waals surface area (Å²) in [6.07, 6.45) is 15.7. The van der Waals surface area contributed by atoms with Crippen molar-refractivity contribution in [1.82, 2.24) is 43.1 Å². The molecule has 6 aromatic rings. The number of piperidine rings is 3. The van der Waals surface area contributed by atoms with Crippen LogP contribution in [-0.4, -0.2) is 201 Å². The minimum Gasteiger partial charge on any atom is -0.379 e. The molecule has 3 aromatic carbocycles. The van der Waals surface area contributed by atoms with Crippen molar-refractivity contribution in [2.45, 2.75) is 114 Å². The predicted molar refractivity (Wildman–Crippen MR) is 329 cm³/mol. The number of para-hydroxylation sites is 3. The Kier molecular flexibility index (Phi) is 16.0. The van der Waals surface area contributed by atoms with Crippen molar-refractivity contribution >= 4 is 32.7 Å². The number of benzene rings is 3. The number of aromatic nitrogens is 3. The molecule has 15 nitrogen and oxygen atoms in total. The molecule has 0 aliphatic carbocycles. The molecule has 6 fully saturated rings. The van der Waals surface area contributed by atoms with E-state index in [1.165, 1.54) is 130 Å². The fourth-order valence-corrected chi connectivity index (χ4v) is 18.6. The summed E-state index contributed by atoms with van der Waals surface area (Å²) in [5.74, 6) is 2.24. The molecule has 450 valence electrons. The van der Waals surface area contributed by atoms with Gasteiger partial charge in [-0.3, -0.25) is 29.4 Å². The van der Waals surface area contributed by atoms with E-state index < -0.39 is 0 Å². The van der Waals surface area contributed by atoms with Crippen LogP contribution in [0.3, 0.4) is 0 Å². The van der Waals surface area contributed by atoms with Gasteiger partial charge in [0.15, 0.2) is 0 Å². The van der Waals surface area contributed by atoms with Crippen LogP contribution < -0.4 is 0 Å². The quantitative estimate of drug-likeness (QED) is 0.117. The molecule has 0 unspecified atom stereocenters. The molecule has 12 aliphatic heterocycles. The third-order valence-electron chi connectivity index (χ3n) is 22.4. The number of ether oxygens (including phenoxy) is 6. The molecule has 12 aliphatic rings. The van der Waals surface area contributed by atoms with Crippen LogP contribution in [0.5, 0.6) is 0 Å². The van der Waals surface area contributed by atoms with Crippen LogP contribution in [0.4, 0.5) is 0 Å². The highest BCUT2D eigenvalue weighted by atomic mass is 16.5. The van der Waals surface area contributed by atoms with E-state index in [0.29, 0.717) is 18.1 Å². The Balaban J connectivity index is 0.000000103. The summed E-state index contributed by atoms with van der Waals surface area (Å²) >= 11 is 0. The average molecular weight is 1140 g/mol. The first-order chi connectivity index (χ1) is 41.7. The van der Waals surface area contributed by atoms with E-state index in [9.17, 15) is 0 Å². The van der Waals surface area contributed by atoms with Crippen LogP contribution in [0.2, 0.25) is 0 Å². The lowest BCUT2D eigenvalue weighted by Gasteiger charge is -2.49. The molecule has 0 radical (unpaired) electrons. The standard InChI is InChI=1S/3C23H31N3O2/c3*1-2-6-20-18(5-1)19-7-9-25-8-3-4-17-16-21(26(20)23(19)22(17)25)28-15-12-24-10-13-27-14-11-24/h3*1-2,5-6,17,21-22H,3-4,7-16H2/t3*17-,21+,22+/m100/s1. The van der Waals surface area contributed by atoms with Crippen molar-refractivity contribution in [2.24, 2.45) is 17.8 Å². The van der Waals surface area contributed by atoms with Crippen LogP contribution >= 0.6 is 0 Å². The van der Waals surface area contributed by atoms with Crippen molar-refractivity contribution in [2.75, 3.05) is 158 Å². The second-order valence-corrected chi connectivity index (χ2v) is 26.7. The van der Waals surface area contributed by atoms with Gasteiger partial charge >= 0.3 is 0 Å². The Hall–Kier alpha value is -4.20. The van der Waals surface area contributed by atoms with Crippen LogP contribution in [0.15, 0.2) is 72.8 Å². The van der Waals surface area contributed by atoms with Crippen LogP contribution in [0.25, 0.3) is 32.7 Å². The number of fused-ring (bicyclic) bond motifs is 9. The fourth-order valence-electron chi connectivity index (χ4n) is 18.6. The number of morpholine rings is 3. The lowest BCUT2D eigenvalue weighted by atomic mass is 9.78. The highest BCUT2D eigenvalue weighted by Gasteiger charge is 2.48. The fraction of sp³-hybridized carbons (Fsp3) is 0.652. The molecule has 0 bridgehead atoms. The van der Waals surface area contributed by atoms with Gasteiger partial charge < -0.3 is 42.1 Å². The molecule has 15 heteroatoms. The van der Waals surface area contributed by atoms with Gasteiger partial charge in [-0.05, 0) is 149 Å². The maximum absolute atomic E-state index is 6.60. The van der Waals surface area contributed by atoms with Crippen molar-refractivity contribution < 1.29 is 28.4 Å². The Bertz CT molecular complexity index is 2910. The van der Waals surface area contributed by atoms with Crippen LogP contribution in [0, 0.1) is 17.8 Å². The maximum Gasteiger partial charge on any atom is 0.134 e. The second-order valence-electron chi connectivity index (χ2n) is 26.7. The van der Waals surface area contributed by atoms with E-state index in [1.807, 2.05) is 0 Å². The van der Waals surface area contributed by atoms with Gasteiger partial charge in [-0.1, -0.05) is 54.6 Å². The zero-order valence-corrected chi connectivity index (χ0v) is 50.1. The van der Waals surface area contributed by atoms with Gasteiger partial charge in [0.25, 0.3) is 0 Å². The first kappa shape index (κ1) is 55.1. The van der Waals surface area contributed by atoms with E-state index >= 15 is 0 Å². The summed E-state index contributed by atoms with van der Waals surface area (Å²) in [4.78, 5) is 15.7. The molecular formula is C69H93N9O6. The molecule has 0 saturated carbocycles. The van der Waals surface area contributed by atoms with E-state index in [-0.39, 0.29) is 18.7 Å². The Labute approximate surface area is 497 Å². The highest BCUT2D eigenvalue weighted by molar-refractivity contribution is 5.88. The first-order valence-electron chi connectivity index (χ1n) is 33.5. The smallest absolute Gasteiger partial charge is 0.134 e. The van der Waals surface area contributed by atoms with Gasteiger partial charge in [-0.25, -0.2) is 0 Å². The van der Waals surface area contributed by atoms with Gasteiger partial charge in [0.1, 0.15) is 18.7 Å². The predicted octanol–water partition coefficient (Wildman–Crippen LogP) is 9.60. The molecule has 6 saturated heterocycles. The SMILES string of the molecule is c1ccc2c(c1)c1c3n2[C@@H](OCCN2CCOCC2)C[C@H]2CCCN(CC1)[C@H]32.c1ccc2c(c1)c1c3n2[C@H](OCCN2CCOCC2)C[C@@H]2CCCN(CC1)[C@@H]32.c1ccc2c(c1)c1c3n2[C@H](OCCN2CCOCC2)C[C@@H]2CCCN(CC1)[C@@H]32. The molecular weight excluding hydrogens is 1050 g/mol. The number of hydrogen-bond donors (Lipinski definition) is 0. The summed E-state index contributed by atoms with van der Waals surface area (Å²) in [5.41, 5.74) is 13.7. The van der Waals surface area contributed by atoms with Crippen molar-refractivity contribution in [3.05, 3.63) is 107 Å². The number of rotatable bonds is 12. The molecule has 0 N–H and O–H groups in total. The summed E-state index contributed by atoms with van der Waals surface area (Å²) in [5, 5.41) is 4.39. The topological polar surface area (TPSA) is 89.6 Å². The molecule has 18 rings (SSSR count). The highest BCUT2D eigenvalue weighted by Crippen LogP contribution is 2.55. The van der Waals surface area contributed by atoms with Crippen molar-refractivity contribution in [3.8, 4) is 0 Å². The zero-order chi connectivity index (χ0) is 55.5. The average Bonchev–Trinajstić information content (AvgIpc) is 1.98. The lowest BCUT2D eigenvalue weighted by Crippen LogP contribution is -2.47. The number of nitrogens with zero attached hydrogens (tertiary/aromatic N) is 9. The molecule has 15 heterocycles. The van der Waals surface area contributed by atoms with Crippen LogP contribution in [0.1, 0.15) is 128 Å². The lowest BCUT2D eigenvalue weighted by molar-refractivity contribution is -0.0683. The molecule has 84 heavy (non-hydrogen) atoms. The minimum absolute atomic E-state index is 0.189. The van der Waals surface area contributed by atoms with Crippen molar-refractivity contribution in [3.63, 3.8) is 0 Å². The second kappa shape index (κ2) is 24.4. The normalized spacial score (nSPS) is 30.5. The third-order valence-corrected chi connectivity index (χ3v) is 22.4. The Morgan fingerprint density at radius 2 is 0.655 bits per heavy atom. The van der Waals surface area contributed by atoms with Gasteiger partial charge in [0.05, 0.1) is 94.1 Å². The summed E-state index contributed by atoms with van der Waals surface area (Å²) in [6.45, 7) is 24.4. The third kappa shape index (κ3) is 10.2. The summed E-state index contributed by atoms with van der Waals surface area (Å²) in [7, 11) is 0. The minimum atomic E-state index is 0.189. The Morgan fingerprint density at radius 3 is 0.964 bits per heavy atom. The van der Waals surface area contributed by atoms with E-state index in [0.717, 1.165) is 155 Å². The maximum atomic E-state index is 6.60. The molecule has 9 atom stereocenters. The van der Waals surface area contributed by atoms with Gasteiger partial charge in [0.2, 0.25) is 0 Å². The van der Waals surface area contributed by atoms with Crippen LogP contribution in [-0.2, 0) is 47.7 Å². The molecule has 3 aromatic heterocycles. The monoisotopic (exact) mass is 1140 g/mol. The Morgan fingerprint density at radius 1 is 0.357 bits per heavy atom. The summed E-state index contributed by atoms with van der Waals surface area (Å²) in [6, 6.07) is 28.9. The van der Waals surface area contributed by atoms with E-state index in [1.54, 1.807) is 33.8 Å². The largest absolute Gasteiger partial charge is 0.379 e. The van der Waals surface area contributed by atoms with Gasteiger partial charge in [0, 0.05) is 112 Å². The van der Waals surface area contributed by atoms with Gasteiger partial charge in [-0.15, -0.1) is 0 Å². The van der Waals surface area contributed by atoms with Gasteiger partial charge in [-0.2, -0.15) is 0 Å². The van der Waals surface area contributed by atoms with E-state index in [4.69, 9.17) is 28.4 Å². The summed E-state index contributed by atoms with van der Waals surface area (Å²) < 4.78 is 44.0.